The Kier molecular flexibility index (Phi) is 6.46. The monoisotopic (exact) mass is 411 g/mol. The molecule has 0 aliphatic rings. The second kappa shape index (κ2) is 8.61. The van der Waals surface area contributed by atoms with Crippen LogP contribution in [0.4, 0.5) is 10.7 Å². The topological polar surface area (TPSA) is 151 Å². The van der Waals surface area contributed by atoms with Gasteiger partial charge in [0.2, 0.25) is 11.5 Å². The average Bonchev–Trinajstić information content (AvgIpc) is 3.15. The molecule has 0 spiro atoms. The quantitative estimate of drug-likeness (QED) is 0.412. The third kappa shape index (κ3) is 4.01. The predicted molar refractivity (Wildman–Crippen MR) is 96.8 cm³/mol. The lowest BCUT2D eigenvalue weighted by Crippen LogP contribution is -2.16. The normalized spacial score (nSPS) is 10.4. The highest BCUT2D eigenvalue weighted by Crippen LogP contribution is 2.35. The standard InChI is InChI=1S/C16H17N3O8S/c1-5-25-15(21)9-7(3)12(16(22)26-6-2)28-14(9)17-13(20)10-11(19(23)24)8(4)27-18-10/h5-6H2,1-4H3,(H,17,20). The van der Waals surface area contributed by atoms with Crippen molar-refractivity contribution in [1.29, 1.82) is 0 Å². The zero-order valence-corrected chi connectivity index (χ0v) is 16.3. The number of carbonyl (C=O) groups is 3. The van der Waals surface area contributed by atoms with Crippen LogP contribution in [0.2, 0.25) is 0 Å². The van der Waals surface area contributed by atoms with E-state index in [1.54, 1.807) is 13.8 Å². The van der Waals surface area contributed by atoms with E-state index in [1.807, 2.05) is 0 Å². The van der Waals surface area contributed by atoms with E-state index in [9.17, 15) is 24.5 Å². The molecule has 12 heteroatoms. The summed E-state index contributed by atoms with van der Waals surface area (Å²) in [5.41, 5.74) is -0.913. The van der Waals surface area contributed by atoms with Gasteiger partial charge in [0.15, 0.2) is 0 Å². The lowest BCUT2D eigenvalue weighted by atomic mass is 10.1. The molecule has 0 radical (unpaired) electrons. The second-order valence-corrected chi connectivity index (χ2v) is 6.37. The predicted octanol–water partition coefficient (Wildman–Crippen LogP) is 2.87. The molecule has 2 aromatic rings. The molecule has 0 aliphatic carbocycles. The van der Waals surface area contributed by atoms with Crippen molar-refractivity contribution in [3.05, 3.63) is 37.6 Å². The summed E-state index contributed by atoms with van der Waals surface area (Å²) in [6, 6.07) is 0. The van der Waals surface area contributed by atoms with Gasteiger partial charge in [0, 0.05) is 6.92 Å². The number of ether oxygens (including phenoxy) is 2. The van der Waals surface area contributed by atoms with Gasteiger partial charge in [-0.15, -0.1) is 11.3 Å². The average molecular weight is 411 g/mol. The van der Waals surface area contributed by atoms with Crippen LogP contribution >= 0.6 is 11.3 Å². The minimum Gasteiger partial charge on any atom is -0.462 e. The molecule has 1 amide bonds. The third-order valence-corrected chi connectivity index (χ3v) is 4.73. The molecule has 0 atom stereocenters. The Bertz CT molecular complexity index is 946. The van der Waals surface area contributed by atoms with Crippen molar-refractivity contribution in [1.82, 2.24) is 5.16 Å². The molecule has 0 saturated heterocycles. The smallest absolute Gasteiger partial charge is 0.348 e. The van der Waals surface area contributed by atoms with E-state index in [0.717, 1.165) is 11.3 Å². The fourth-order valence-electron chi connectivity index (χ4n) is 2.34. The van der Waals surface area contributed by atoms with Gasteiger partial charge >= 0.3 is 17.6 Å². The van der Waals surface area contributed by atoms with Crippen LogP contribution in [0.5, 0.6) is 0 Å². The molecular formula is C16H17N3O8S. The number of aromatic nitrogens is 1. The summed E-state index contributed by atoms with van der Waals surface area (Å²) in [4.78, 5) is 47.4. The van der Waals surface area contributed by atoms with Gasteiger partial charge in [-0.1, -0.05) is 5.16 Å². The zero-order valence-electron chi connectivity index (χ0n) is 15.5. The fourth-order valence-corrected chi connectivity index (χ4v) is 3.42. The lowest BCUT2D eigenvalue weighted by molar-refractivity contribution is -0.386. The molecule has 2 heterocycles. The number of carbonyl (C=O) groups excluding carboxylic acids is 3. The Morgan fingerprint density at radius 2 is 1.79 bits per heavy atom. The first-order valence-corrected chi connectivity index (χ1v) is 8.94. The summed E-state index contributed by atoms with van der Waals surface area (Å²) in [7, 11) is 0. The number of aryl methyl sites for hydroxylation is 1. The minimum absolute atomic E-state index is 0.0149. The Hall–Kier alpha value is -3.28. The first-order valence-electron chi connectivity index (χ1n) is 8.12. The number of hydrogen-bond acceptors (Lipinski definition) is 10. The number of nitro groups is 1. The third-order valence-electron chi connectivity index (χ3n) is 3.54. The van der Waals surface area contributed by atoms with E-state index < -0.39 is 34.2 Å². The maximum absolute atomic E-state index is 12.5. The van der Waals surface area contributed by atoms with Crippen molar-refractivity contribution in [2.24, 2.45) is 0 Å². The molecule has 0 aliphatic heterocycles. The highest BCUT2D eigenvalue weighted by Gasteiger charge is 2.32. The Balaban J connectivity index is 2.48. The zero-order chi connectivity index (χ0) is 21.0. The molecule has 150 valence electrons. The van der Waals surface area contributed by atoms with Crippen molar-refractivity contribution < 1.29 is 33.3 Å². The van der Waals surface area contributed by atoms with Crippen LogP contribution in [0.15, 0.2) is 4.52 Å². The van der Waals surface area contributed by atoms with Gasteiger partial charge < -0.3 is 19.3 Å². The number of amides is 1. The van der Waals surface area contributed by atoms with Crippen LogP contribution in [0.3, 0.4) is 0 Å². The molecule has 11 nitrogen and oxygen atoms in total. The van der Waals surface area contributed by atoms with Crippen LogP contribution in [0.25, 0.3) is 0 Å². The Labute approximate surface area is 162 Å². The molecule has 2 rings (SSSR count). The lowest BCUT2D eigenvalue weighted by Gasteiger charge is -2.05. The summed E-state index contributed by atoms with van der Waals surface area (Å²) < 4.78 is 14.6. The van der Waals surface area contributed by atoms with Gasteiger partial charge in [0.05, 0.1) is 23.7 Å². The van der Waals surface area contributed by atoms with Crippen molar-refractivity contribution in [3.63, 3.8) is 0 Å². The minimum atomic E-state index is -0.967. The van der Waals surface area contributed by atoms with Gasteiger partial charge in [-0.2, -0.15) is 0 Å². The number of esters is 2. The first kappa shape index (κ1) is 21.0. The van der Waals surface area contributed by atoms with Crippen molar-refractivity contribution >= 4 is 39.9 Å². The highest BCUT2D eigenvalue weighted by molar-refractivity contribution is 7.18. The fraction of sp³-hybridized carbons (Fsp3) is 0.375. The van der Waals surface area contributed by atoms with E-state index in [0.29, 0.717) is 0 Å². The van der Waals surface area contributed by atoms with Crippen LogP contribution in [-0.4, -0.2) is 41.1 Å². The molecule has 2 aromatic heterocycles. The van der Waals surface area contributed by atoms with Crippen molar-refractivity contribution in [2.75, 3.05) is 18.5 Å². The number of rotatable bonds is 7. The SMILES string of the molecule is CCOC(=O)c1sc(NC(=O)c2noc(C)c2[N+](=O)[O-])c(C(=O)OCC)c1C. The maximum atomic E-state index is 12.5. The molecule has 28 heavy (non-hydrogen) atoms. The van der Waals surface area contributed by atoms with Gasteiger partial charge in [0.25, 0.3) is 5.91 Å². The van der Waals surface area contributed by atoms with E-state index >= 15 is 0 Å². The largest absolute Gasteiger partial charge is 0.462 e. The van der Waals surface area contributed by atoms with E-state index in [4.69, 9.17) is 14.0 Å². The molecule has 0 unspecified atom stereocenters. The number of thiophene rings is 1. The first-order chi connectivity index (χ1) is 13.2. The molecule has 0 bridgehead atoms. The Morgan fingerprint density at radius 3 is 2.36 bits per heavy atom. The van der Waals surface area contributed by atoms with Crippen molar-refractivity contribution in [2.45, 2.75) is 27.7 Å². The highest BCUT2D eigenvalue weighted by atomic mass is 32.1. The van der Waals surface area contributed by atoms with Crippen molar-refractivity contribution in [3.8, 4) is 0 Å². The maximum Gasteiger partial charge on any atom is 0.348 e. The molecular weight excluding hydrogens is 394 g/mol. The number of nitrogens with one attached hydrogen (secondary N) is 1. The van der Waals surface area contributed by atoms with E-state index in [-0.39, 0.29) is 40.0 Å². The van der Waals surface area contributed by atoms with Crippen LogP contribution in [-0.2, 0) is 9.47 Å². The summed E-state index contributed by atoms with van der Waals surface area (Å²) >= 11 is 0.797. The van der Waals surface area contributed by atoms with Crippen LogP contribution in [0, 0.1) is 24.0 Å². The molecule has 0 aromatic carbocycles. The second-order valence-electron chi connectivity index (χ2n) is 5.35. The molecule has 1 N–H and O–H groups in total. The van der Waals surface area contributed by atoms with Gasteiger partial charge in [-0.05, 0) is 26.3 Å². The molecule has 0 fully saturated rings. The summed E-state index contributed by atoms with van der Waals surface area (Å²) in [6.45, 7) is 6.22. The number of hydrogen-bond donors (Lipinski definition) is 1. The van der Waals surface area contributed by atoms with Crippen LogP contribution < -0.4 is 5.32 Å². The number of nitrogens with zero attached hydrogens (tertiary/aromatic N) is 2. The molecule has 0 saturated carbocycles. The summed E-state index contributed by atoms with van der Waals surface area (Å²) in [5.74, 6) is -2.53. The van der Waals surface area contributed by atoms with Gasteiger partial charge in [-0.3, -0.25) is 14.9 Å². The summed E-state index contributed by atoms with van der Waals surface area (Å²) in [5, 5.41) is 16.9. The number of anilines is 1. The van der Waals surface area contributed by atoms with E-state index in [2.05, 4.69) is 10.5 Å². The van der Waals surface area contributed by atoms with E-state index in [1.165, 1.54) is 13.8 Å². The Morgan fingerprint density at radius 1 is 1.18 bits per heavy atom. The summed E-state index contributed by atoms with van der Waals surface area (Å²) in [6.07, 6.45) is 0. The van der Waals surface area contributed by atoms with Gasteiger partial charge in [0.1, 0.15) is 9.88 Å². The van der Waals surface area contributed by atoms with Crippen LogP contribution in [0.1, 0.15) is 55.7 Å². The van der Waals surface area contributed by atoms with Gasteiger partial charge in [-0.25, -0.2) is 9.59 Å².